The summed E-state index contributed by atoms with van der Waals surface area (Å²) in [4.78, 5) is 27.1. The van der Waals surface area contributed by atoms with Crippen LogP contribution in [0.5, 0.6) is 0 Å². The van der Waals surface area contributed by atoms with Gasteiger partial charge in [-0.1, -0.05) is 26.0 Å². The third-order valence-electron chi connectivity index (χ3n) is 5.19. The summed E-state index contributed by atoms with van der Waals surface area (Å²) in [5.41, 5.74) is 2.03. The fraction of sp³-hybridized carbons (Fsp3) is 0.556. The van der Waals surface area contributed by atoms with Gasteiger partial charge in [-0.25, -0.2) is 0 Å². The zero-order valence-electron chi connectivity index (χ0n) is 13.7. The number of hydrogen-bond donors (Lipinski definition) is 1. The first-order valence-electron chi connectivity index (χ1n) is 8.28. The molecule has 0 bridgehead atoms. The molecule has 1 aromatic carbocycles. The number of nitrogens with zero attached hydrogens (tertiary/aromatic N) is 2. The SMILES string of the molecule is CC1CN(Cc2ccc(N3C[C@@H](C(=O)O)CC3=O)cc2)CC1C. The maximum atomic E-state index is 12.0. The van der Waals surface area contributed by atoms with E-state index in [1.807, 2.05) is 24.3 Å². The van der Waals surface area contributed by atoms with E-state index in [4.69, 9.17) is 5.11 Å². The minimum absolute atomic E-state index is 0.0979. The lowest BCUT2D eigenvalue weighted by Gasteiger charge is -2.18. The van der Waals surface area contributed by atoms with Crippen LogP contribution in [0.1, 0.15) is 25.8 Å². The van der Waals surface area contributed by atoms with Crippen molar-refractivity contribution in [3.8, 4) is 0 Å². The van der Waals surface area contributed by atoms with Crippen LogP contribution in [-0.4, -0.2) is 41.5 Å². The topological polar surface area (TPSA) is 60.9 Å². The van der Waals surface area contributed by atoms with E-state index in [1.54, 1.807) is 4.90 Å². The van der Waals surface area contributed by atoms with Crippen molar-refractivity contribution >= 4 is 17.6 Å². The van der Waals surface area contributed by atoms with Gasteiger partial charge >= 0.3 is 5.97 Å². The number of anilines is 1. The van der Waals surface area contributed by atoms with E-state index >= 15 is 0 Å². The van der Waals surface area contributed by atoms with Crippen LogP contribution in [0.25, 0.3) is 0 Å². The normalized spacial score (nSPS) is 28.5. The van der Waals surface area contributed by atoms with E-state index in [0.717, 1.165) is 37.2 Å². The summed E-state index contributed by atoms with van der Waals surface area (Å²) in [5, 5.41) is 9.06. The third-order valence-corrected chi connectivity index (χ3v) is 5.19. The molecular formula is C18H24N2O3. The summed E-state index contributed by atoms with van der Waals surface area (Å²) in [7, 11) is 0. The number of carboxylic acid groups (broad SMARTS) is 1. The maximum Gasteiger partial charge on any atom is 0.308 e. The van der Waals surface area contributed by atoms with Crippen LogP contribution < -0.4 is 4.90 Å². The van der Waals surface area contributed by atoms with Crippen molar-refractivity contribution in [1.29, 1.82) is 0 Å². The number of aliphatic carboxylic acids is 1. The number of benzene rings is 1. The predicted octanol–water partition coefficient (Wildman–Crippen LogP) is 2.21. The first kappa shape index (κ1) is 16.0. The summed E-state index contributed by atoms with van der Waals surface area (Å²) in [6.45, 7) is 8.06. The minimum atomic E-state index is -0.894. The third kappa shape index (κ3) is 3.39. The molecule has 1 aromatic rings. The summed E-state index contributed by atoms with van der Waals surface area (Å²) in [6.07, 6.45) is 0.0979. The second-order valence-corrected chi connectivity index (χ2v) is 7.06. The molecule has 2 aliphatic rings. The Hall–Kier alpha value is -1.88. The molecule has 1 amide bonds. The van der Waals surface area contributed by atoms with Gasteiger partial charge in [0.05, 0.1) is 5.92 Å². The number of amides is 1. The molecular weight excluding hydrogens is 292 g/mol. The zero-order chi connectivity index (χ0) is 16.6. The van der Waals surface area contributed by atoms with Crippen LogP contribution in [0.3, 0.4) is 0 Å². The number of rotatable bonds is 4. The quantitative estimate of drug-likeness (QED) is 0.925. The Morgan fingerprint density at radius 1 is 1.13 bits per heavy atom. The molecule has 0 saturated carbocycles. The van der Waals surface area contributed by atoms with Crippen molar-refractivity contribution in [2.45, 2.75) is 26.8 Å². The Balaban J connectivity index is 1.63. The van der Waals surface area contributed by atoms with Gasteiger partial charge in [0.1, 0.15) is 0 Å². The Bertz CT molecular complexity index is 589. The average Bonchev–Trinajstić information content (AvgIpc) is 3.03. The molecule has 5 nitrogen and oxygen atoms in total. The summed E-state index contributed by atoms with van der Waals surface area (Å²) in [6, 6.07) is 7.95. The lowest BCUT2D eigenvalue weighted by molar-refractivity contribution is -0.141. The van der Waals surface area contributed by atoms with Gasteiger partial charge in [-0.2, -0.15) is 0 Å². The van der Waals surface area contributed by atoms with E-state index in [1.165, 1.54) is 5.56 Å². The number of likely N-dealkylation sites (tertiary alicyclic amines) is 1. The first-order valence-corrected chi connectivity index (χ1v) is 8.28. The van der Waals surface area contributed by atoms with Crippen molar-refractivity contribution < 1.29 is 14.7 Å². The molecule has 1 N–H and O–H groups in total. The lowest BCUT2D eigenvalue weighted by Crippen LogP contribution is -2.25. The van der Waals surface area contributed by atoms with Crippen LogP contribution in [0.2, 0.25) is 0 Å². The molecule has 3 rings (SSSR count). The van der Waals surface area contributed by atoms with Crippen molar-refractivity contribution in [1.82, 2.24) is 4.90 Å². The minimum Gasteiger partial charge on any atom is -0.481 e. The molecule has 0 aromatic heterocycles. The second kappa shape index (κ2) is 6.32. The Morgan fingerprint density at radius 3 is 2.26 bits per heavy atom. The number of carboxylic acids is 1. The highest BCUT2D eigenvalue weighted by Gasteiger charge is 2.35. The van der Waals surface area contributed by atoms with Gasteiger partial charge in [0.2, 0.25) is 5.91 Å². The molecule has 2 saturated heterocycles. The van der Waals surface area contributed by atoms with Gasteiger partial charge in [0, 0.05) is 38.3 Å². The molecule has 0 spiro atoms. The number of carbonyl (C=O) groups excluding carboxylic acids is 1. The summed E-state index contributed by atoms with van der Waals surface area (Å²) >= 11 is 0. The molecule has 3 atom stereocenters. The second-order valence-electron chi connectivity index (χ2n) is 7.06. The first-order chi connectivity index (χ1) is 10.9. The van der Waals surface area contributed by atoms with Gasteiger partial charge in [-0.3, -0.25) is 14.5 Å². The number of carbonyl (C=O) groups is 2. The van der Waals surface area contributed by atoms with Crippen LogP contribution >= 0.6 is 0 Å². The monoisotopic (exact) mass is 316 g/mol. The lowest BCUT2D eigenvalue weighted by atomic mass is 10.0. The van der Waals surface area contributed by atoms with Crippen molar-refractivity contribution in [2.75, 3.05) is 24.5 Å². The van der Waals surface area contributed by atoms with E-state index in [2.05, 4.69) is 18.7 Å². The van der Waals surface area contributed by atoms with E-state index < -0.39 is 11.9 Å². The smallest absolute Gasteiger partial charge is 0.308 e. The highest BCUT2D eigenvalue weighted by molar-refractivity contribution is 5.99. The van der Waals surface area contributed by atoms with Gasteiger partial charge in [0.15, 0.2) is 0 Å². The van der Waals surface area contributed by atoms with Crippen LogP contribution in [-0.2, 0) is 16.1 Å². The zero-order valence-corrected chi connectivity index (χ0v) is 13.7. The van der Waals surface area contributed by atoms with Gasteiger partial charge in [-0.05, 0) is 29.5 Å². The van der Waals surface area contributed by atoms with E-state index in [0.29, 0.717) is 0 Å². The van der Waals surface area contributed by atoms with Crippen molar-refractivity contribution in [2.24, 2.45) is 17.8 Å². The number of hydrogen-bond acceptors (Lipinski definition) is 3. The summed E-state index contributed by atoms with van der Waals surface area (Å²) < 4.78 is 0. The highest BCUT2D eigenvalue weighted by atomic mass is 16.4. The molecule has 5 heteroatoms. The molecule has 2 aliphatic heterocycles. The van der Waals surface area contributed by atoms with E-state index in [-0.39, 0.29) is 18.9 Å². The highest BCUT2D eigenvalue weighted by Crippen LogP contribution is 2.27. The van der Waals surface area contributed by atoms with Crippen LogP contribution in [0, 0.1) is 17.8 Å². The molecule has 0 radical (unpaired) electrons. The summed E-state index contributed by atoms with van der Waals surface area (Å²) in [5.74, 6) is -0.106. The molecule has 2 unspecified atom stereocenters. The van der Waals surface area contributed by atoms with E-state index in [9.17, 15) is 9.59 Å². The molecule has 23 heavy (non-hydrogen) atoms. The predicted molar refractivity (Wildman–Crippen MR) is 88.1 cm³/mol. The van der Waals surface area contributed by atoms with Crippen molar-refractivity contribution in [3.05, 3.63) is 29.8 Å². The molecule has 2 fully saturated rings. The Kier molecular flexibility index (Phi) is 4.39. The van der Waals surface area contributed by atoms with Crippen molar-refractivity contribution in [3.63, 3.8) is 0 Å². The molecule has 2 heterocycles. The van der Waals surface area contributed by atoms with Gasteiger partial charge in [-0.15, -0.1) is 0 Å². The molecule has 124 valence electrons. The fourth-order valence-electron chi connectivity index (χ4n) is 3.54. The van der Waals surface area contributed by atoms with Gasteiger partial charge < -0.3 is 10.0 Å². The Morgan fingerprint density at radius 2 is 1.74 bits per heavy atom. The van der Waals surface area contributed by atoms with Crippen LogP contribution in [0.15, 0.2) is 24.3 Å². The van der Waals surface area contributed by atoms with Gasteiger partial charge in [0.25, 0.3) is 0 Å². The largest absolute Gasteiger partial charge is 0.481 e. The van der Waals surface area contributed by atoms with Crippen LogP contribution in [0.4, 0.5) is 5.69 Å². The maximum absolute atomic E-state index is 12.0. The fourth-order valence-corrected chi connectivity index (χ4v) is 3.54. The Labute approximate surface area is 136 Å². The molecule has 0 aliphatic carbocycles. The average molecular weight is 316 g/mol. The standard InChI is InChI=1S/C18H24N2O3/c1-12-8-19(9-13(12)2)10-14-3-5-16(6-4-14)20-11-15(18(22)23)7-17(20)21/h3-6,12-13,15H,7-11H2,1-2H3,(H,22,23)/t12?,13?,15-/m0/s1.